The summed E-state index contributed by atoms with van der Waals surface area (Å²) in [6.45, 7) is 6.46. The van der Waals surface area contributed by atoms with Gasteiger partial charge in [-0.15, -0.1) is 0 Å². The smallest absolute Gasteiger partial charge is 0.276 e. The van der Waals surface area contributed by atoms with Crippen molar-refractivity contribution in [3.8, 4) is 0 Å². The van der Waals surface area contributed by atoms with E-state index in [9.17, 15) is 4.79 Å². The molecule has 0 aliphatic carbocycles. The Morgan fingerprint density at radius 2 is 2.07 bits per heavy atom. The van der Waals surface area contributed by atoms with Gasteiger partial charge in [0.2, 0.25) is 0 Å². The number of hydrogen-bond donors (Lipinski definition) is 2. The molecule has 1 unspecified atom stereocenters. The number of benzene rings is 1. The van der Waals surface area contributed by atoms with Crippen LogP contribution in [0.15, 0.2) is 36.5 Å². The Morgan fingerprint density at radius 3 is 2.85 bits per heavy atom. The van der Waals surface area contributed by atoms with Crippen molar-refractivity contribution in [3.63, 3.8) is 0 Å². The lowest BCUT2D eigenvalue weighted by molar-refractivity contribution is 0.102. The third-order valence-corrected chi connectivity index (χ3v) is 5.74. The molecule has 144 valence electrons. The van der Waals surface area contributed by atoms with Gasteiger partial charge in [0.15, 0.2) is 5.69 Å². The molecule has 4 rings (SSSR count). The lowest BCUT2D eigenvalue weighted by Crippen LogP contribution is -2.32. The van der Waals surface area contributed by atoms with E-state index in [1.165, 1.54) is 18.5 Å². The van der Waals surface area contributed by atoms with Crippen LogP contribution in [0.1, 0.15) is 49.1 Å². The Kier molecular flexibility index (Phi) is 5.43. The minimum Gasteiger partial charge on any atom is -0.371 e. The molecule has 0 bridgehead atoms. The van der Waals surface area contributed by atoms with Crippen molar-refractivity contribution in [2.75, 3.05) is 36.4 Å². The van der Waals surface area contributed by atoms with Crippen molar-refractivity contribution in [1.82, 2.24) is 15.1 Å². The summed E-state index contributed by atoms with van der Waals surface area (Å²) >= 11 is 0. The number of rotatable bonds is 4. The third kappa shape index (κ3) is 4.33. The molecule has 6 heteroatoms. The molecule has 2 saturated heterocycles. The minimum atomic E-state index is -0.151. The molecule has 1 atom stereocenters. The molecule has 0 radical (unpaired) electrons. The Hall–Kier alpha value is -2.34. The maximum atomic E-state index is 12.6. The van der Waals surface area contributed by atoms with Gasteiger partial charge in [-0.05, 0) is 62.4 Å². The van der Waals surface area contributed by atoms with E-state index >= 15 is 0 Å². The number of amides is 1. The van der Waals surface area contributed by atoms with Crippen LogP contribution in [0.4, 0.5) is 11.4 Å². The van der Waals surface area contributed by atoms with Crippen LogP contribution in [0.5, 0.6) is 0 Å². The van der Waals surface area contributed by atoms with Crippen LogP contribution in [0.2, 0.25) is 0 Å². The highest BCUT2D eigenvalue weighted by atomic mass is 16.1. The number of aromatic nitrogens is 2. The third-order valence-electron chi connectivity index (χ3n) is 5.74. The fourth-order valence-corrected chi connectivity index (χ4v) is 3.96. The van der Waals surface area contributed by atoms with Gasteiger partial charge in [0.25, 0.3) is 5.91 Å². The van der Waals surface area contributed by atoms with Crippen LogP contribution in [-0.4, -0.2) is 41.9 Å². The second-order valence-corrected chi connectivity index (χ2v) is 7.86. The highest BCUT2D eigenvalue weighted by Crippen LogP contribution is 2.25. The quantitative estimate of drug-likeness (QED) is 0.870. The lowest BCUT2D eigenvalue weighted by atomic mass is 9.99. The summed E-state index contributed by atoms with van der Waals surface area (Å²) in [4.78, 5) is 15.0. The number of nitrogens with one attached hydrogen (secondary N) is 2. The van der Waals surface area contributed by atoms with Gasteiger partial charge in [0.1, 0.15) is 0 Å². The summed E-state index contributed by atoms with van der Waals surface area (Å²) in [5.74, 6) is 0.653. The fourth-order valence-electron chi connectivity index (χ4n) is 3.96. The zero-order valence-electron chi connectivity index (χ0n) is 16.0. The molecule has 1 aromatic carbocycles. The first-order chi connectivity index (χ1) is 13.2. The van der Waals surface area contributed by atoms with E-state index in [0.717, 1.165) is 50.6 Å². The summed E-state index contributed by atoms with van der Waals surface area (Å²) in [6.07, 6.45) is 6.62. The van der Waals surface area contributed by atoms with Gasteiger partial charge in [-0.25, -0.2) is 0 Å². The van der Waals surface area contributed by atoms with Crippen LogP contribution < -0.4 is 15.5 Å². The second-order valence-electron chi connectivity index (χ2n) is 7.86. The van der Waals surface area contributed by atoms with Crippen molar-refractivity contribution in [3.05, 3.63) is 42.2 Å². The van der Waals surface area contributed by atoms with E-state index in [1.54, 1.807) is 6.07 Å². The largest absolute Gasteiger partial charge is 0.371 e. The van der Waals surface area contributed by atoms with Crippen LogP contribution in [0.25, 0.3) is 0 Å². The molecule has 2 fully saturated rings. The molecule has 6 nitrogen and oxygen atoms in total. The Labute approximate surface area is 160 Å². The summed E-state index contributed by atoms with van der Waals surface area (Å²) in [6, 6.07) is 10.3. The monoisotopic (exact) mass is 367 g/mol. The number of carbonyl (C=O) groups excluding carboxylic acids is 1. The standard InChI is InChI=1S/C21H29N5O/c1-16-7-11-25(12-8-16)18-5-2-4-17(14-18)23-21(27)20-9-13-26(24-20)19-6-3-10-22-15-19/h2,4-5,9,13-14,16,19,22H,3,6-8,10-12,15H2,1H3,(H,23,27). The highest BCUT2D eigenvalue weighted by Gasteiger charge is 2.19. The van der Waals surface area contributed by atoms with Gasteiger partial charge in [-0.2, -0.15) is 5.10 Å². The summed E-state index contributed by atoms with van der Waals surface area (Å²) < 4.78 is 1.92. The van der Waals surface area contributed by atoms with Gasteiger partial charge in [-0.1, -0.05) is 13.0 Å². The molecular formula is C21H29N5O. The molecule has 27 heavy (non-hydrogen) atoms. The lowest BCUT2D eigenvalue weighted by Gasteiger charge is -2.32. The van der Waals surface area contributed by atoms with Gasteiger partial charge >= 0.3 is 0 Å². The predicted molar refractivity (Wildman–Crippen MR) is 108 cm³/mol. The Bertz CT molecular complexity index is 772. The average molecular weight is 367 g/mol. The van der Waals surface area contributed by atoms with Gasteiger partial charge in [-0.3, -0.25) is 9.48 Å². The van der Waals surface area contributed by atoms with Crippen molar-refractivity contribution in [2.45, 2.75) is 38.6 Å². The zero-order chi connectivity index (χ0) is 18.6. The van der Waals surface area contributed by atoms with Gasteiger partial charge < -0.3 is 15.5 Å². The molecule has 0 saturated carbocycles. The first-order valence-corrected chi connectivity index (χ1v) is 10.1. The molecule has 3 heterocycles. The number of anilines is 2. The topological polar surface area (TPSA) is 62.2 Å². The molecule has 2 N–H and O–H groups in total. The van der Waals surface area contributed by atoms with Gasteiger partial charge in [0.05, 0.1) is 6.04 Å². The Morgan fingerprint density at radius 1 is 1.22 bits per heavy atom. The summed E-state index contributed by atoms with van der Waals surface area (Å²) in [5, 5.41) is 10.9. The average Bonchev–Trinajstić information content (AvgIpc) is 3.20. The molecule has 1 amide bonds. The van der Waals surface area contributed by atoms with Crippen molar-refractivity contribution < 1.29 is 4.79 Å². The van der Waals surface area contributed by atoms with Crippen molar-refractivity contribution in [1.29, 1.82) is 0 Å². The first-order valence-electron chi connectivity index (χ1n) is 10.1. The van der Waals surface area contributed by atoms with E-state index in [-0.39, 0.29) is 5.91 Å². The number of hydrogen-bond acceptors (Lipinski definition) is 4. The van der Waals surface area contributed by atoms with E-state index in [2.05, 4.69) is 39.7 Å². The normalized spacial score (nSPS) is 21.2. The number of piperidine rings is 2. The van der Waals surface area contributed by atoms with Crippen LogP contribution in [0.3, 0.4) is 0 Å². The first kappa shape index (κ1) is 18.0. The minimum absolute atomic E-state index is 0.151. The molecule has 2 aromatic rings. The van der Waals surface area contributed by atoms with Crippen molar-refractivity contribution >= 4 is 17.3 Å². The fraction of sp³-hybridized carbons (Fsp3) is 0.524. The maximum absolute atomic E-state index is 12.6. The zero-order valence-corrected chi connectivity index (χ0v) is 16.0. The molecule has 1 aromatic heterocycles. The second kappa shape index (κ2) is 8.13. The van der Waals surface area contributed by atoms with E-state index < -0.39 is 0 Å². The number of nitrogens with zero attached hydrogens (tertiary/aromatic N) is 3. The highest BCUT2D eigenvalue weighted by molar-refractivity contribution is 6.03. The maximum Gasteiger partial charge on any atom is 0.276 e. The van der Waals surface area contributed by atoms with E-state index in [4.69, 9.17) is 0 Å². The van der Waals surface area contributed by atoms with Crippen molar-refractivity contribution in [2.24, 2.45) is 5.92 Å². The van der Waals surface area contributed by atoms with Crippen LogP contribution in [0, 0.1) is 5.92 Å². The predicted octanol–water partition coefficient (Wildman–Crippen LogP) is 3.30. The Balaban J connectivity index is 1.41. The van der Waals surface area contributed by atoms with Crippen LogP contribution in [-0.2, 0) is 0 Å². The van der Waals surface area contributed by atoms with E-state index in [1.807, 2.05) is 23.0 Å². The number of carbonyl (C=O) groups is 1. The van der Waals surface area contributed by atoms with E-state index in [0.29, 0.717) is 11.7 Å². The van der Waals surface area contributed by atoms with Gasteiger partial charge in [0, 0.05) is 37.2 Å². The van der Waals surface area contributed by atoms with Crippen LogP contribution >= 0.6 is 0 Å². The molecule has 2 aliphatic rings. The summed E-state index contributed by atoms with van der Waals surface area (Å²) in [5.41, 5.74) is 2.47. The molecule has 2 aliphatic heterocycles. The summed E-state index contributed by atoms with van der Waals surface area (Å²) in [7, 11) is 0. The molecular weight excluding hydrogens is 338 g/mol. The SMILES string of the molecule is CC1CCN(c2cccc(NC(=O)c3ccn(C4CCCNC4)n3)c2)CC1. The molecule has 0 spiro atoms.